The Labute approximate surface area is 87.7 Å². The topological polar surface area (TPSA) is 12.0 Å². The molecule has 0 aliphatic heterocycles. The highest BCUT2D eigenvalue weighted by atomic mass is 15.0. The molecule has 3 fully saturated rings. The Balaban J connectivity index is 1.49. The minimum absolute atomic E-state index is 0.611. The number of hydrogen-bond acceptors (Lipinski definition) is 1. The molecule has 80 valence electrons. The predicted octanol–water partition coefficient (Wildman–Crippen LogP) is 2.95. The average Bonchev–Trinajstić information content (AvgIpc) is 2.60. The van der Waals surface area contributed by atoms with E-state index in [1.165, 1.54) is 38.5 Å². The summed E-state index contributed by atoms with van der Waals surface area (Å²) in [6, 6.07) is 1.74. The summed E-state index contributed by atoms with van der Waals surface area (Å²) in [4.78, 5) is 0. The van der Waals surface area contributed by atoms with Gasteiger partial charge in [-0.2, -0.15) is 0 Å². The third kappa shape index (κ3) is 1.41. The summed E-state index contributed by atoms with van der Waals surface area (Å²) in [5.74, 6) is 2.16. The largest absolute Gasteiger partial charge is 0.310 e. The van der Waals surface area contributed by atoms with Gasteiger partial charge in [-0.05, 0) is 36.5 Å². The lowest BCUT2D eigenvalue weighted by Crippen LogP contribution is -2.50. The minimum atomic E-state index is 0.611. The van der Waals surface area contributed by atoms with Gasteiger partial charge >= 0.3 is 0 Å². The molecule has 0 aromatic carbocycles. The second kappa shape index (κ2) is 2.98. The lowest BCUT2D eigenvalue weighted by atomic mass is 9.64. The highest BCUT2D eigenvalue weighted by Gasteiger charge is 2.49. The SMILES string of the molecule is CC1(C)CC1NC1CCC1C1CCC1. The lowest BCUT2D eigenvalue weighted by Gasteiger charge is -2.46. The van der Waals surface area contributed by atoms with Gasteiger partial charge in [0, 0.05) is 12.1 Å². The molecule has 0 bridgehead atoms. The molecule has 0 heterocycles. The second-order valence-electron chi connectivity index (χ2n) is 6.45. The van der Waals surface area contributed by atoms with E-state index in [1.54, 1.807) is 0 Å². The first-order valence-electron chi connectivity index (χ1n) is 6.43. The lowest BCUT2D eigenvalue weighted by molar-refractivity contribution is 0.0793. The maximum atomic E-state index is 3.88. The van der Waals surface area contributed by atoms with E-state index in [4.69, 9.17) is 0 Å². The van der Waals surface area contributed by atoms with Crippen LogP contribution in [0.3, 0.4) is 0 Å². The van der Waals surface area contributed by atoms with Gasteiger partial charge in [0.05, 0.1) is 0 Å². The maximum absolute atomic E-state index is 3.88. The monoisotopic (exact) mass is 193 g/mol. The zero-order valence-corrected chi connectivity index (χ0v) is 9.55. The molecule has 0 aromatic heterocycles. The van der Waals surface area contributed by atoms with Crippen LogP contribution in [0.15, 0.2) is 0 Å². The van der Waals surface area contributed by atoms with Crippen LogP contribution in [0.1, 0.15) is 52.4 Å². The van der Waals surface area contributed by atoms with Gasteiger partial charge in [-0.25, -0.2) is 0 Å². The molecule has 1 heteroatoms. The van der Waals surface area contributed by atoms with Gasteiger partial charge in [-0.3, -0.25) is 0 Å². The van der Waals surface area contributed by atoms with Crippen LogP contribution in [0.25, 0.3) is 0 Å². The van der Waals surface area contributed by atoms with Crippen LogP contribution in [0.2, 0.25) is 0 Å². The standard InChI is InChI=1S/C13H23N/c1-13(2)8-12(13)14-11-7-6-10(11)9-4-3-5-9/h9-12,14H,3-8H2,1-2H3. The quantitative estimate of drug-likeness (QED) is 0.726. The van der Waals surface area contributed by atoms with E-state index in [2.05, 4.69) is 19.2 Å². The summed E-state index contributed by atoms with van der Waals surface area (Å²) in [5.41, 5.74) is 0.611. The number of rotatable bonds is 3. The Kier molecular flexibility index (Phi) is 1.96. The smallest absolute Gasteiger partial charge is 0.0127 e. The molecule has 14 heavy (non-hydrogen) atoms. The first kappa shape index (κ1) is 9.21. The summed E-state index contributed by atoms with van der Waals surface area (Å²) in [6.07, 6.45) is 8.92. The molecule has 3 saturated carbocycles. The second-order valence-corrected chi connectivity index (χ2v) is 6.45. The van der Waals surface area contributed by atoms with Gasteiger partial charge in [0.25, 0.3) is 0 Å². The van der Waals surface area contributed by atoms with E-state index in [0.29, 0.717) is 5.41 Å². The molecule has 0 aromatic rings. The Morgan fingerprint density at radius 3 is 2.14 bits per heavy atom. The Hall–Kier alpha value is -0.0400. The van der Waals surface area contributed by atoms with Gasteiger partial charge in [-0.1, -0.05) is 33.1 Å². The first-order chi connectivity index (χ1) is 6.67. The number of nitrogens with one attached hydrogen (secondary N) is 1. The molecule has 0 saturated heterocycles. The highest BCUT2D eigenvalue weighted by Crippen LogP contribution is 2.49. The molecule has 3 rings (SSSR count). The van der Waals surface area contributed by atoms with Crippen molar-refractivity contribution in [2.24, 2.45) is 17.3 Å². The maximum Gasteiger partial charge on any atom is 0.0127 e. The van der Waals surface area contributed by atoms with Crippen LogP contribution < -0.4 is 5.32 Å². The fraction of sp³-hybridized carbons (Fsp3) is 1.00. The molecular formula is C13H23N. The van der Waals surface area contributed by atoms with Crippen LogP contribution in [-0.2, 0) is 0 Å². The normalized spacial score (nSPS) is 45.4. The van der Waals surface area contributed by atoms with Crippen LogP contribution in [-0.4, -0.2) is 12.1 Å². The first-order valence-corrected chi connectivity index (χ1v) is 6.43. The van der Waals surface area contributed by atoms with E-state index in [-0.39, 0.29) is 0 Å². The van der Waals surface area contributed by atoms with Crippen molar-refractivity contribution in [3.05, 3.63) is 0 Å². The molecule has 1 nitrogen and oxygen atoms in total. The van der Waals surface area contributed by atoms with Gasteiger partial charge < -0.3 is 5.32 Å². The van der Waals surface area contributed by atoms with Crippen LogP contribution in [0.4, 0.5) is 0 Å². The fourth-order valence-electron chi connectivity index (χ4n) is 3.18. The van der Waals surface area contributed by atoms with Gasteiger partial charge in [0.2, 0.25) is 0 Å². The Bertz CT molecular complexity index is 229. The van der Waals surface area contributed by atoms with Crippen molar-refractivity contribution >= 4 is 0 Å². The Morgan fingerprint density at radius 1 is 1.07 bits per heavy atom. The molecule has 3 aliphatic rings. The van der Waals surface area contributed by atoms with Crippen LogP contribution in [0, 0.1) is 17.3 Å². The van der Waals surface area contributed by atoms with Crippen molar-refractivity contribution in [1.82, 2.24) is 5.32 Å². The molecule has 3 atom stereocenters. The summed E-state index contributed by atoms with van der Waals surface area (Å²) in [6.45, 7) is 4.78. The zero-order chi connectivity index (χ0) is 9.76. The summed E-state index contributed by atoms with van der Waals surface area (Å²) >= 11 is 0. The third-order valence-electron chi connectivity index (χ3n) is 5.01. The van der Waals surface area contributed by atoms with Gasteiger partial charge in [0.15, 0.2) is 0 Å². The van der Waals surface area contributed by atoms with Crippen molar-refractivity contribution in [3.8, 4) is 0 Å². The third-order valence-corrected chi connectivity index (χ3v) is 5.01. The van der Waals surface area contributed by atoms with E-state index < -0.39 is 0 Å². The van der Waals surface area contributed by atoms with E-state index in [1.807, 2.05) is 0 Å². The molecular weight excluding hydrogens is 170 g/mol. The molecule has 0 radical (unpaired) electrons. The summed E-state index contributed by atoms with van der Waals surface area (Å²) in [7, 11) is 0. The zero-order valence-electron chi connectivity index (χ0n) is 9.55. The van der Waals surface area contributed by atoms with E-state index >= 15 is 0 Å². The van der Waals surface area contributed by atoms with Crippen molar-refractivity contribution in [2.75, 3.05) is 0 Å². The van der Waals surface area contributed by atoms with Gasteiger partial charge in [0.1, 0.15) is 0 Å². The number of hydrogen-bond donors (Lipinski definition) is 1. The average molecular weight is 193 g/mol. The van der Waals surface area contributed by atoms with Crippen molar-refractivity contribution in [1.29, 1.82) is 0 Å². The highest BCUT2D eigenvalue weighted by molar-refractivity contribution is 5.05. The van der Waals surface area contributed by atoms with Crippen molar-refractivity contribution in [3.63, 3.8) is 0 Å². The molecule has 1 N–H and O–H groups in total. The van der Waals surface area contributed by atoms with E-state index in [9.17, 15) is 0 Å². The summed E-state index contributed by atoms with van der Waals surface area (Å²) < 4.78 is 0. The fourth-order valence-corrected chi connectivity index (χ4v) is 3.18. The molecule has 0 spiro atoms. The van der Waals surface area contributed by atoms with Crippen LogP contribution >= 0.6 is 0 Å². The van der Waals surface area contributed by atoms with E-state index in [0.717, 1.165) is 23.9 Å². The molecule has 0 amide bonds. The minimum Gasteiger partial charge on any atom is -0.310 e. The predicted molar refractivity (Wildman–Crippen MR) is 59.2 cm³/mol. The van der Waals surface area contributed by atoms with Gasteiger partial charge in [-0.15, -0.1) is 0 Å². The Morgan fingerprint density at radius 2 is 1.79 bits per heavy atom. The van der Waals surface area contributed by atoms with Crippen LogP contribution in [0.5, 0.6) is 0 Å². The molecule has 3 aliphatic carbocycles. The van der Waals surface area contributed by atoms with Crippen molar-refractivity contribution in [2.45, 2.75) is 64.5 Å². The van der Waals surface area contributed by atoms with Crippen molar-refractivity contribution < 1.29 is 0 Å². The summed E-state index contributed by atoms with van der Waals surface area (Å²) in [5, 5.41) is 3.88. The molecule has 3 unspecified atom stereocenters.